The van der Waals surface area contributed by atoms with Crippen LogP contribution in [0.5, 0.6) is 0 Å². The molecule has 7 heteroatoms. The molecule has 0 spiro atoms. The molecule has 1 amide bonds. The molecule has 0 unspecified atom stereocenters. The zero-order valence-electron chi connectivity index (χ0n) is 9.35. The lowest BCUT2D eigenvalue weighted by Crippen LogP contribution is -2.25. The Hall–Kier alpha value is -1.27. The number of hydrogen-bond donors (Lipinski definition) is 2. The number of carbonyl (C=O) groups excluding carboxylic acids is 1. The third-order valence-electron chi connectivity index (χ3n) is 2.03. The standard InChI is InChI=1S/C10H16F3NO3/c11-10(12,13)6-5-8(15)14-7-3-1-2-4-9(16)17/h1-7H2,(H,14,15)(H,16,17). The third-order valence-corrected chi connectivity index (χ3v) is 2.03. The molecule has 0 radical (unpaired) electrons. The van der Waals surface area contributed by atoms with E-state index in [-0.39, 0.29) is 13.0 Å². The monoisotopic (exact) mass is 255 g/mol. The quantitative estimate of drug-likeness (QED) is 0.653. The van der Waals surface area contributed by atoms with Gasteiger partial charge in [-0.25, -0.2) is 0 Å². The summed E-state index contributed by atoms with van der Waals surface area (Å²) in [7, 11) is 0. The van der Waals surface area contributed by atoms with Gasteiger partial charge in [0.2, 0.25) is 5.91 Å². The Morgan fingerprint density at radius 3 is 2.24 bits per heavy atom. The molecule has 0 aliphatic heterocycles. The molecule has 0 saturated heterocycles. The first-order valence-corrected chi connectivity index (χ1v) is 5.36. The van der Waals surface area contributed by atoms with Crippen LogP contribution in [-0.4, -0.2) is 29.7 Å². The maximum atomic E-state index is 11.7. The highest BCUT2D eigenvalue weighted by Gasteiger charge is 2.27. The average molecular weight is 255 g/mol. The summed E-state index contributed by atoms with van der Waals surface area (Å²) in [4.78, 5) is 21.1. The van der Waals surface area contributed by atoms with Crippen molar-refractivity contribution in [1.29, 1.82) is 0 Å². The minimum Gasteiger partial charge on any atom is -0.481 e. The predicted octanol–water partition coefficient (Wildman–Crippen LogP) is 2.09. The fourth-order valence-electron chi connectivity index (χ4n) is 1.15. The van der Waals surface area contributed by atoms with E-state index >= 15 is 0 Å². The van der Waals surface area contributed by atoms with Crippen molar-refractivity contribution >= 4 is 11.9 Å². The number of carboxylic acids is 1. The van der Waals surface area contributed by atoms with Crippen LogP contribution in [-0.2, 0) is 9.59 Å². The Morgan fingerprint density at radius 2 is 1.71 bits per heavy atom. The summed E-state index contributed by atoms with van der Waals surface area (Å²) < 4.78 is 35.2. The Labute approximate surface area is 97.2 Å². The van der Waals surface area contributed by atoms with Crippen LogP contribution < -0.4 is 5.32 Å². The summed E-state index contributed by atoms with van der Waals surface area (Å²) in [6, 6.07) is 0. The fourth-order valence-corrected chi connectivity index (χ4v) is 1.15. The van der Waals surface area contributed by atoms with Crippen molar-refractivity contribution in [3.63, 3.8) is 0 Å². The molecule has 2 N–H and O–H groups in total. The summed E-state index contributed by atoms with van der Waals surface area (Å²) in [5, 5.41) is 10.7. The van der Waals surface area contributed by atoms with Crippen LogP contribution in [0.3, 0.4) is 0 Å². The van der Waals surface area contributed by atoms with Crippen LogP contribution in [0.1, 0.15) is 38.5 Å². The van der Waals surface area contributed by atoms with E-state index in [1.807, 2.05) is 0 Å². The number of unbranched alkanes of at least 4 members (excludes halogenated alkanes) is 2. The number of carboxylic acid groups (broad SMARTS) is 1. The largest absolute Gasteiger partial charge is 0.481 e. The Kier molecular flexibility index (Phi) is 7.32. The van der Waals surface area contributed by atoms with Crippen molar-refractivity contribution < 1.29 is 27.9 Å². The van der Waals surface area contributed by atoms with Gasteiger partial charge in [-0.1, -0.05) is 6.42 Å². The van der Waals surface area contributed by atoms with E-state index in [1.54, 1.807) is 0 Å². The van der Waals surface area contributed by atoms with E-state index in [0.717, 1.165) is 0 Å². The lowest BCUT2D eigenvalue weighted by atomic mass is 10.2. The Morgan fingerprint density at radius 1 is 1.06 bits per heavy atom. The Balaban J connectivity index is 3.37. The topological polar surface area (TPSA) is 66.4 Å². The van der Waals surface area contributed by atoms with Gasteiger partial charge >= 0.3 is 12.1 Å². The van der Waals surface area contributed by atoms with Gasteiger partial charge in [-0.3, -0.25) is 9.59 Å². The number of carbonyl (C=O) groups is 2. The molecule has 0 heterocycles. The van der Waals surface area contributed by atoms with Crippen LogP contribution in [0.25, 0.3) is 0 Å². The van der Waals surface area contributed by atoms with Gasteiger partial charge in [0.05, 0.1) is 6.42 Å². The lowest BCUT2D eigenvalue weighted by Gasteiger charge is -2.07. The number of hydrogen-bond acceptors (Lipinski definition) is 2. The molecule has 100 valence electrons. The summed E-state index contributed by atoms with van der Waals surface area (Å²) in [5.41, 5.74) is 0. The van der Waals surface area contributed by atoms with Gasteiger partial charge in [-0.05, 0) is 12.8 Å². The van der Waals surface area contributed by atoms with Gasteiger partial charge in [-0.2, -0.15) is 13.2 Å². The zero-order valence-corrected chi connectivity index (χ0v) is 9.35. The first kappa shape index (κ1) is 15.7. The number of rotatable bonds is 8. The molecule has 0 aromatic heterocycles. The molecule has 0 aromatic rings. The third kappa shape index (κ3) is 12.7. The van der Waals surface area contributed by atoms with E-state index < -0.39 is 30.9 Å². The minimum absolute atomic E-state index is 0.0714. The number of aliphatic carboxylic acids is 1. The molecule has 0 atom stereocenters. The predicted molar refractivity (Wildman–Crippen MR) is 54.4 cm³/mol. The highest BCUT2D eigenvalue weighted by molar-refractivity contribution is 5.75. The zero-order chi connectivity index (χ0) is 13.3. The molecule has 0 aromatic carbocycles. The molecular formula is C10H16F3NO3. The highest BCUT2D eigenvalue weighted by atomic mass is 19.4. The summed E-state index contributed by atoms with van der Waals surface area (Å²) >= 11 is 0. The second-order valence-corrected chi connectivity index (χ2v) is 3.67. The molecule has 0 rings (SSSR count). The van der Waals surface area contributed by atoms with Crippen molar-refractivity contribution in [2.24, 2.45) is 0 Å². The highest BCUT2D eigenvalue weighted by Crippen LogP contribution is 2.20. The summed E-state index contributed by atoms with van der Waals surface area (Å²) in [5.74, 6) is -1.50. The first-order valence-electron chi connectivity index (χ1n) is 5.36. The van der Waals surface area contributed by atoms with Gasteiger partial charge in [0.1, 0.15) is 0 Å². The van der Waals surface area contributed by atoms with E-state index in [9.17, 15) is 22.8 Å². The van der Waals surface area contributed by atoms with E-state index in [2.05, 4.69) is 5.32 Å². The molecule has 0 aliphatic carbocycles. The van der Waals surface area contributed by atoms with Crippen LogP contribution in [0, 0.1) is 0 Å². The smallest absolute Gasteiger partial charge is 0.389 e. The van der Waals surface area contributed by atoms with Crippen LogP contribution in [0.4, 0.5) is 13.2 Å². The van der Waals surface area contributed by atoms with Crippen molar-refractivity contribution in [1.82, 2.24) is 5.32 Å². The summed E-state index contributed by atoms with van der Waals surface area (Å²) in [6.07, 6.45) is -4.19. The normalized spacial score (nSPS) is 11.2. The second-order valence-electron chi connectivity index (χ2n) is 3.67. The second kappa shape index (κ2) is 7.92. The lowest BCUT2D eigenvalue weighted by molar-refractivity contribution is -0.144. The number of amides is 1. The van der Waals surface area contributed by atoms with Gasteiger partial charge in [-0.15, -0.1) is 0 Å². The molecule has 0 bridgehead atoms. The Bertz CT molecular complexity index is 254. The van der Waals surface area contributed by atoms with Gasteiger partial charge in [0.25, 0.3) is 0 Å². The maximum Gasteiger partial charge on any atom is 0.389 e. The van der Waals surface area contributed by atoms with Crippen molar-refractivity contribution in [3.8, 4) is 0 Å². The maximum absolute atomic E-state index is 11.7. The molecule has 0 fully saturated rings. The first-order chi connectivity index (χ1) is 7.81. The number of alkyl halides is 3. The SMILES string of the molecule is O=C(O)CCCCCNC(=O)CCC(F)(F)F. The minimum atomic E-state index is -4.31. The average Bonchev–Trinajstić information content (AvgIpc) is 2.19. The summed E-state index contributed by atoms with van der Waals surface area (Å²) in [6.45, 7) is 0.288. The van der Waals surface area contributed by atoms with Gasteiger partial charge in [0.15, 0.2) is 0 Å². The molecular weight excluding hydrogens is 239 g/mol. The van der Waals surface area contributed by atoms with Crippen LogP contribution in [0.15, 0.2) is 0 Å². The van der Waals surface area contributed by atoms with Crippen molar-refractivity contribution in [2.45, 2.75) is 44.7 Å². The van der Waals surface area contributed by atoms with Crippen molar-refractivity contribution in [2.75, 3.05) is 6.54 Å². The molecule has 0 saturated carbocycles. The molecule has 17 heavy (non-hydrogen) atoms. The van der Waals surface area contributed by atoms with Gasteiger partial charge < -0.3 is 10.4 Å². The van der Waals surface area contributed by atoms with E-state index in [0.29, 0.717) is 19.3 Å². The number of halogens is 3. The van der Waals surface area contributed by atoms with E-state index in [4.69, 9.17) is 5.11 Å². The fraction of sp³-hybridized carbons (Fsp3) is 0.800. The van der Waals surface area contributed by atoms with Crippen LogP contribution >= 0.6 is 0 Å². The van der Waals surface area contributed by atoms with Crippen LogP contribution in [0.2, 0.25) is 0 Å². The van der Waals surface area contributed by atoms with Crippen molar-refractivity contribution in [3.05, 3.63) is 0 Å². The molecule has 4 nitrogen and oxygen atoms in total. The van der Waals surface area contributed by atoms with E-state index in [1.165, 1.54) is 0 Å². The van der Waals surface area contributed by atoms with Gasteiger partial charge in [0, 0.05) is 19.4 Å². The number of nitrogens with one attached hydrogen (secondary N) is 1. The molecule has 0 aliphatic rings.